The van der Waals surface area contributed by atoms with Crippen molar-refractivity contribution in [1.82, 2.24) is 14.7 Å². The van der Waals surface area contributed by atoms with Gasteiger partial charge in [-0.3, -0.25) is 9.48 Å². The largest absolute Gasteiger partial charge is 0.478 e. The maximum atomic E-state index is 12.7. The molecule has 2 heterocycles. The number of likely N-dealkylation sites (tertiary alicyclic amines) is 1. The Kier molecular flexibility index (Phi) is 4.98. The van der Waals surface area contributed by atoms with E-state index in [1.165, 1.54) is 31.9 Å². The first-order chi connectivity index (χ1) is 11.1. The van der Waals surface area contributed by atoms with Gasteiger partial charge in [-0.15, -0.1) is 0 Å². The molecule has 6 heteroatoms. The molecule has 23 heavy (non-hydrogen) atoms. The summed E-state index contributed by atoms with van der Waals surface area (Å²) in [5, 5.41) is 13.1. The molecule has 1 aliphatic heterocycles. The minimum Gasteiger partial charge on any atom is -0.478 e. The Bertz CT molecular complexity index is 553. The third kappa shape index (κ3) is 3.74. The Balaban J connectivity index is 1.54. The van der Waals surface area contributed by atoms with Gasteiger partial charge >= 0.3 is 5.97 Å². The molecular weight excluding hydrogens is 294 g/mol. The summed E-state index contributed by atoms with van der Waals surface area (Å²) < 4.78 is 1.75. The van der Waals surface area contributed by atoms with E-state index < -0.39 is 5.97 Å². The Morgan fingerprint density at radius 2 is 1.70 bits per heavy atom. The van der Waals surface area contributed by atoms with Gasteiger partial charge in [-0.25, -0.2) is 4.79 Å². The zero-order valence-electron chi connectivity index (χ0n) is 13.5. The third-order valence-electron chi connectivity index (χ3n) is 5.20. The molecule has 0 aromatic carbocycles. The summed E-state index contributed by atoms with van der Waals surface area (Å²) >= 11 is 0. The summed E-state index contributed by atoms with van der Waals surface area (Å²) in [7, 11) is 0. The molecule has 0 radical (unpaired) electrons. The number of aromatic nitrogens is 2. The molecule has 2 fully saturated rings. The number of hydrogen-bond acceptors (Lipinski definition) is 3. The second-order valence-corrected chi connectivity index (χ2v) is 6.76. The van der Waals surface area contributed by atoms with Crippen molar-refractivity contribution in [3.8, 4) is 0 Å². The van der Waals surface area contributed by atoms with E-state index in [2.05, 4.69) is 5.10 Å². The number of aromatic carboxylic acids is 1. The highest BCUT2D eigenvalue weighted by Gasteiger charge is 2.29. The van der Waals surface area contributed by atoms with Crippen molar-refractivity contribution in [3.05, 3.63) is 18.0 Å². The lowest BCUT2D eigenvalue weighted by molar-refractivity contribution is -0.137. The minimum absolute atomic E-state index is 0.196. The number of carbonyl (C=O) groups is 2. The van der Waals surface area contributed by atoms with Crippen molar-refractivity contribution in [1.29, 1.82) is 0 Å². The predicted molar refractivity (Wildman–Crippen MR) is 85.2 cm³/mol. The van der Waals surface area contributed by atoms with Gasteiger partial charge in [0.1, 0.15) is 0 Å². The topological polar surface area (TPSA) is 75.4 Å². The monoisotopic (exact) mass is 319 g/mol. The van der Waals surface area contributed by atoms with Gasteiger partial charge in [0, 0.05) is 25.2 Å². The minimum atomic E-state index is -0.947. The van der Waals surface area contributed by atoms with Crippen LogP contribution in [0.4, 0.5) is 0 Å². The van der Waals surface area contributed by atoms with Crippen LogP contribution in [-0.4, -0.2) is 44.8 Å². The smallest absolute Gasteiger partial charge is 0.338 e. The van der Waals surface area contributed by atoms with E-state index in [-0.39, 0.29) is 17.5 Å². The highest BCUT2D eigenvalue weighted by atomic mass is 16.4. The molecule has 0 atom stereocenters. The van der Waals surface area contributed by atoms with Crippen LogP contribution in [0.3, 0.4) is 0 Å². The van der Waals surface area contributed by atoms with Gasteiger partial charge in [0.2, 0.25) is 5.91 Å². The van der Waals surface area contributed by atoms with E-state index in [0.717, 1.165) is 38.8 Å². The Morgan fingerprint density at radius 3 is 2.26 bits per heavy atom. The van der Waals surface area contributed by atoms with Gasteiger partial charge in [-0.1, -0.05) is 25.7 Å². The normalized spacial score (nSPS) is 21.1. The third-order valence-corrected chi connectivity index (χ3v) is 5.20. The van der Waals surface area contributed by atoms with Crippen molar-refractivity contribution in [3.63, 3.8) is 0 Å². The second kappa shape index (κ2) is 7.15. The van der Waals surface area contributed by atoms with Crippen molar-refractivity contribution in [2.75, 3.05) is 13.1 Å². The SMILES string of the molecule is O=C(O)c1cnn(C2CCN(C(=O)C3CCCCCC3)CC2)c1. The second-order valence-electron chi connectivity index (χ2n) is 6.76. The Hall–Kier alpha value is -1.85. The molecule has 0 bridgehead atoms. The van der Waals surface area contributed by atoms with E-state index in [0.29, 0.717) is 5.91 Å². The van der Waals surface area contributed by atoms with Crippen LogP contribution in [0.25, 0.3) is 0 Å². The molecule has 1 saturated heterocycles. The average molecular weight is 319 g/mol. The molecule has 1 amide bonds. The summed E-state index contributed by atoms with van der Waals surface area (Å²) in [6, 6.07) is 0.196. The zero-order chi connectivity index (χ0) is 16.2. The van der Waals surface area contributed by atoms with Crippen molar-refractivity contribution in [2.24, 2.45) is 5.92 Å². The van der Waals surface area contributed by atoms with Crippen LogP contribution < -0.4 is 0 Å². The van der Waals surface area contributed by atoms with Crippen molar-refractivity contribution in [2.45, 2.75) is 57.4 Å². The molecular formula is C17H25N3O3. The van der Waals surface area contributed by atoms with Crippen LogP contribution >= 0.6 is 0 Å². The molecule has 0 unspecified atom stereocenters. The van der Waals surface area contributed by atoms with Gasteiger partial charge < -0.3 is 10.0 Å². The lowest BCUT2D eigenvalue weighted by Gasteiger charge is -2.34. The van der Waals surface area contributed by atoms with Crippen LogP contribution in [0.2, 0.25) is 0 Å². The molecule has 1 aliphatic carbocycles. The highest BCUT2D eigenvalue weighted by Crippen LogP contribution is 2.28. The van der Waals surface area contributed by atoms with Gasteiger partial charge in [-0.05, 0) is 25.7 Å². The molecule has 0 spiro atoms. The first-order valence-electron chi connectivity index (χ1n) is 8.71. The maximum absolute atomic E-state index is 12.7. The maximum Gasteiger partial charge on any atom is 0.338 e. The van der Waals surface area contributed by atoms with Gasteiger partial charge in [0.05, 0.1) is 17.8 Å². The summed E-state index contributed by atoms with van der Waals surface area (Å²) in [6.45, 7) is 1.50. The molecule has 1 N–H and O–H groups in total. The number of carbonyl (C=O) groups excluding carboxylic acids is 1. The van der Waals surface area contributed by atoms with E-state index in [4.69, 9.17) is 5.11 Å². The highest BCUT2D eigenvalue weighted by molar-refractivity contribution is 5.86. The van der Waals surface area contributed by atoms with Crippen LogP contribution in [0.15, 0.2) is 12.4 Å². The Labute approximate surface area is 136 Å². The fraction of sp³-hybridized carbons (Fsp3) is 0.706. The quantitative estimate of drug-likeness (QED) is 0.869. The molecule has 3 rings (SSSR count). The van der Waals surface area contributed by atoms with Gasteiger partial charge in [-0.2, -0.15) is 5.10 Å². The van der Waals surface area contributed by atoms with Gasteiger partial charge in [0.15, 0.2) is 0 Å². The van der Waals surface area contributed by atoms with E-state index in [1.54, 1.807) is 10.9 Å². The van der Waals surface area contributed by atoms with Gasteiger partial charge in [0.25, 0.3) is 0 Å². The number of nitrogens with zero attached hydrogens (tertiary/aromatic N) is 3. The van der Waals surface area contributed by atoms with E-state index >= 15 is 0 Å². The number of amides is 1. The standard InChI is InChI=1S/C17H25N3O3/c21-16(13-5-3-1-2-4-6-13)19-9-7-15(8-10-19)20-12-14(11-18-20)17(22)23/h11-13,15H,1-10H2,(H,22,23). The number of carboxylic acid groups (broad SMARTS) is 1. The fourth-order valence-corrected chi connectivity index (χ4v) is 3.78. The van der Waals surface area contributed by atoms with Crippen LogP contribution in [0.5, 0.6) is 0 Å². The molecule has 1 aromatic heterocycles. The number of rotatable bonds is 3. The molecule has 126 valence electrons. The summed E-state index contributed by atoms with van der Waals surface area (Å²) in [5.41, 5.74) is 0.224. The van der Waals surface area contributed by atoms with E-state index in [9.17, 15) is 9.59 Å². The lowest BCUT2D eigenvalue weighted by atomic mass is 9.96. The average Bonchev–Trinajstić information content (AvgIpc) is 2.91. The van der Waals surface area contributed by atoms with Crippen LogP contribution in [0.1, 0.15) is 67.8 Å². The summed E-state index contributed by atoms with van der Waals surface area (Å²) in [5.74, 6) is -0.397. The zero-order valence-corrected chi connectivity index (χ0v) is 13.5. The lowest BCUT2D eigenvalue weighted by Crippen LogP contribution is -2.42. The summed E-state index contributed by atoms with van der Waals surface area (Å²) in [6.07, 6.45) is 11.6. The number of carboxylic acids is 1. The number of piperidine rings is 1. The first kappa shape index (κ1) is 16.0. The van der Waals surface area contributed by atoms with Crippen molar-refractivity contribution < 1.29 is 14.7 Å². The molecule has 6 nitrogen and oxygen atoms in total. The van der Waals surface area contributed by atoms with Crippen LogP contribution in [0, 0.1) is 5.92 Å². The Morgan fingerprint density at radius 1 is 1.04 bits per heavy atom. The van der Waals surface area contributed by atoms with Crippen molar-refractivity contribution >= 4 is 11.9 Å². The first-order valence-corrected chi connectivity index (χ1v) is 8.71. The fourth-order valence-electron chi connectivity index (χ4n) is 3.78. The predicted octanol–water partition coefficient (Wildman–Crippen LogP) is 2.72. The summed E-state index contributed by atoms with van der Waals surface area (Å²) in [4.78, 5) is 25.6. The molecule has 1 aromatic rings. The molecule has 2 aliphatic rings. The molecule has 1 saturated carbocycles. The number of hydrogen-bond donors (Lipinski definition) is 1. The van der Waals surface area contributed by atoms with Crippen LogP contribution in [-0.2, 0) is 4.79 Å². The van der Waals surface area contributed by atoms with E-state index in [1.807, 2.05) is 4.90 Å².